The average molecular weight is 268 g/mol. The van der Waals surface area contributed by atoms with Gasteiger partial charge in [0.1, 0.15) is 5.41 Å². The predicted molar refractivity (Wildman–Crippen MR) is 79.2 cm³/mol. The first kappa shape index (κ1) is 13.1. The van der Waals surface area contributed by atoms with Crippen molar-refractivity contribution in [3.8, 4) is 0 Å². The van der Waals surface area contributed by atoms with Gasteiger partial charge >= 0.3 is 0 Å². The number of aromatic nitrogens is 1. The molecule has 0 fully saturated rings. The van der Waals surface area contributed by atoms with Crippen LogP contribution in [0.3, 0.4) is 0 Å². The highest BCUT2D eigenvalue weighted by Crippen LogP contribution is 2.51. The number of nitrogens with two attached hydrogens (primary N) is 1. The fraction of sp³-hybridized carbons (Fsp3) is 0.412. The summed E-state index contributed by atoms with van der Waals surface area (Å²) in [4.78, 5) is 17.0. The Bertz CT molecular complexity index is 657. The van der Waals surface area contributed by atoms with Crippen molar-refractivity contribution in [2.24, 2.45) is 11.7 Å². The molecule has 20 heavy (non-hydrogen) atoms. The summed E-state index contributed by atoms with van der Waals surface area (Å²) in [6, 6.07) is 4.02. The number of allylic oxidation sites excluding steroid dienone is 3. The van der Waals surface area contributed by atoms with Crippen molar-refractivity contribution in [1.82, 2.24) is 4.98 Å². The lowest BCUT2D eigenvalue weighted by Crippen LogP contribution is -2.50. The normalized spacial score (nSPS) is 29.9. The van der Waals surface area contributed by atoms with E-state index in [1.165, 1.54) is 5.57 Å². The highest BCUT2D eigenvalue weighted by molar-refractivity contribution is 5.92. The van der Waals surface area contributed by atoms with E-state index in [4.69, 9.17) is 5.73 Å². The minimum atomic E-state index is -0.688. The SMILES string of the molecule is CC=C1[C@H]2C=C(C)C[C@]1(C(N)=O)c1ccc(C)nc1C2. The summed E-state index contributed by atoms with van der Waals surface area (Å²) in [5.41, 5.74) is 10.6. The second-order valence-electron chi connectivity index (χ2n) is 5.96. The fourth-order valence-electron chi connectivity index (χ4n) is 3.93. The Morgan fingerprint density at radius 3 is 2.85 bits per heavy atom. The summed E-state index contributed by atoms with van der Waals surface area (Å²) >= 11 is 0. The molecule has 3 heteroatoms. The number of nitrogens with zero attached hydrogens (tertiary/aromatic N) is 1. The zero-order chi connectivity index (χ0) is 14.5. The molecule has 2 N–H and O–H groups in total. The smallest absolute Gasteiger partial charge is 0.232 e. The lowest BCUT2D eigenvalue weighted by Gasteiger charge is -2.45. The van der Waals surface area contributed by atoms with Crippen LogP contribution in [0.5, 0.6) is 0 Å². The Hall–Kier alpha value is -1.90. The van der Waals surface area contributed by atoms with Gasteiger partial charge in [-0.1, -0.05) is 23.8 Å². The molecule has 1 aromatic heterocycles. The van der Waals surface area contributed by atoms with Gasteiger partial charge < -0.3 is 5.73 Å². The third-order valence-corrected chi connectivity index (χ3v) is 4.64. The van der Waals surface area contributed by atoms with E-state index < -0.39 is 5.41 Å². The summed E-state index contributed by atoms with van der Waals surface area (Å²) in [7, 11) is 0. The minimum absolute atomic E-state index is 0.253. The molecule has 104 valence electrons. The van der Waals surface area contributed by atoms with Gasteiger partial charge in [0.05, 0.1) is 0 Å². The van der Waals surface area contributed by atoms with Crippen LogP contribution < -0.4 is 5.73 Å². The van der Waals surface area contributed by atoms with Crippen molar-refractivity contribution >= 4 is 5.91 Å². The lowest BCUT2D eigenvalue weighted by atomic mass is 9.57. The first-order valence-corrected chi connectivity index (χ1v) is 7.10. The van der Waals surface area contributed by atoms with Crippen LogP contribution in [0.25, 0.3) is 0 Å². The first-order chi connectivity index (χ1) is 9.49. The molecule has 3 nitrogen and oxygen atoms in total. The van der Waals surface area contributed by atoms with Gasteiger partial charge in [-0.15, -0.1) is 0 Å². The number of carbonyl (C=O) groups excluding carboxylic acids is 1. The van der Waals surface area contributed by atoms with E-state index in [9.17, 15) is 4.79 Å². The molecule has 2 atom stereocenters. The molecule has 2 bridgehead atoms. The Balaban J connectivity index is 2.34. The van der Waals surface area contributed by atoms with Gasteiger partial charge in [-0.2, -0.15) is 0 Å². The molecule has 2 aliphatic rings. The maximum absolute atomic E-state index is 12.4. The highest BCUT2D eigenvalue weighted by Gasteiger charge is 2.50. The second-order valence-corrected chi connectivity index (χ2v) is 5.96. The number of carbonyl (C=O) groups is 1. The van der Waals surface area contributed by atoms with Crippen LogP contribution in [0.15, 0.2) is 35.4 Å². The van der Waals surface area contributed by atoms with E-state index in [1.54, 1.807) is 0 Å². The number of primary amides is 1. The molecule has 3 rings (SSSR count). The molecule has 0 spiro atoms. The topological polar surface area (TPSA) is 56.0 Å². The Labute approximate surface area is 119 Å². The maximum atomic E-state index is 12.4. The fourth-order valence-corrected chi connectivity index (χ4v) is 3.93. The van der Waals surface area contributed by atoms with E-state index in [0.717, 1.165) is 28.9 Å². The summed E-state index contributed by atoms with van der Waals surface area (Å²) in [5.74, 6) is -0.00213. The molecule has 0 saturated carbocycles. The predicted octanol–water partition coefficient (Wildman–Crippen LogP) is 2.58. The quantitative estimate of drug-likeness (QED) is 0.796. The summed E-state index contributed by atoms with van der Waals surface area (Å²) in [6.07, 6.45) is 5.88. The van der Waals surface area contributed by atoms with Crippen molar-refractivity contribution in [2.75, 3.05) is 0 Å². The molecule has 1 amide bonds. The number of amides is 1. The number of hydrogen-bond donors (Lipinski definition) is 1. The monoisotopic (exact) mass is 268 g/mol. The minimum Gasteiger partial charge on any atom is -0.369 e. The van der Waals surface area contributed by atoms with Gasteiger partial charge in [0.25, 0.3) is 0 Å². The van der Waals surface area contributed by atoms with Crippen molar-refractivity contribution < 1.29 is 4.79 Å². The zero-order valence-electron chi connectivity index (χ0n) is 12.2. The molecular weight excluding hydrogens is 248 g/mol. The van der Waals surface area contributed by atoms with Crippen molar-refractivity contribution in [1.29, 1.82) is 0 Å². The molecule has 0 aliphatic heterocycles. The molecule has 0 radical (unpaired) electrons. The summed E-state index contributed by atoms with van der Waals surface area (Å²) in [6.45, 7) is 6.07. The number of fused-ring (bicyclic) bond motifs is 4. The van der Waals surface area contributed by atoms with E-state index in [1.807, 2.05) is 26.0 Å². The van der Waals surface area contributed by atoms with Crippen LogP contribution in [-0.2, 0) is 16.6 Å². The number of rotatable bonds is 1. The highest BCUT2D eigenvalue weighted by atomic mass is 16.1. The van der Waals surface area contributed by atoms with Gasteiger partial charge in [-0.25, -0.2) is 0 Å². The van der Waals surface area contributed by atoms with Gasteiger partial charge in [-0.05, 0) is 44.4 Å². The molecular formula is C17H20N2O. The molecule has 0 saturated heterocycles. The van der Waals surface area contributed by atoms with E-state index in [-0.39, 0.29) is 11.8 Å². The summed E-state index contributed by atoms with van der Waals surface area (Å²) < 4.78 is 0. The molecule has 1 aromatic rings. The second kappa shape index (κ2) is 4.30. The maximum Gasteiger partial charge on any atom is 0.232 e. The Morgan fingerprint density at radius 1 is 1.45 bits per heavy atom. The van der Waals surface area contributed by atoms with Crippen LogP contribution >= 0.6 is 0 Å². The Kier molecular flexibility index (Phi) is 2.82. The van der Waals surface area contributed by atoms with Crippen molar-refractivity contribution in [2.45, 2.75) is 39.0 Å². The van der Waals surface area contributed by atoms with Crippen LogP contribution in [0.1, 0.15) is 37.2 Å². The largest absolute Gasteiger partial charge is 0.369 e. The third kappa shape index (κ3) is 1.59. The molecule has 0 unspecified atom stereocenters. The number of aryl methyl sites for hydroxylation is 1. The van der Waals surface area contributed by atoms with Crippen molar-refractivity contribution in [3.63, 3.8) is 0 Å². The number of hydrogen-bond acceptors (Lipinski definition) is 2. The van der Waals surface area contributed by atoms with E-state index >= 15 is 0 Å². The Morgan fingerprint density at radius 2 is 2.20 bits per heavy atom. The van der Waals surface area contributed by atoms with Crippen molar-refractivity contribution in [3.05, 3.63) is 52.4 Å². The van der Waals surface area contributed by atoms with Gasteiger partial charge in [0.2, 0.25) is 5.91 Å². The average Bonchev–Trinajstić information content (AvgIpc) is 2.36. The van der Waals surface area contributed by atoms with Gasteiger partial charge in [0.15, 0.2) is 0 Å². The number of pyridine rings is 1. The lowest BCUT2D eigenvalue weighted by molar-refractivity contribution is -0.122. The van der Waals surface area contributed by atoms with Gasteiger partial charge in [0, 0.05) is 23.7 Å². The van der Waals surface area contributed by atoms with Crippen LogP contribution in [0, 0.1) is 12.8 Å². The summed E-state index contributed by atoms with van der Waals surface area (Å²) in [5, 5.41) is 0. The standard InChI is InChI=1S/C17H20N2O/c1-4-13-12-7-10(2)9-17(13,16(18)20)14-6-5-11(3)19-15(14)8-12/h4-7,12H,8-9H2,1-3H3,(H2,18,20)/t12-,17+/m0/s1. The van der Waals surface area contributed by atoms with Crippen LogP contribution in [0.2, 0.25) is 0 Å². The third-order valence-electron chi connectivity index (χ3n) is 4.64. The zero-order valence-corrected chi connectivity index (χ0v) is 12.2. The molecule has 2 aliphatic carbocycles. The van der Waals surface area contributed by atoms with E-state index in [0.29, 0.717) is 6.42 Å². The van der Waals surface area contributed by atoms with Crippen LogP contribution in [-0.4, -0.2) is 10.9 Å². The van der Waals surface area contributed by atoms with Crippen LogP contribution in [0.4, 0.5) is 0 Å². The van der Waals surface area contributed by atoms with Gasteiger partial charge in [-0.3, -0.25) is 9.78 Å². The molecule has 0 aromatic carbocycles. The molecule has 1 heterocycles. The first-order valence-electron chi connectivity index (χ1n) is 7.10. The van der Waals surface area contributed by atoms with E-state index in [2.05, 4.69) is 24.1 Å².